The van der Waals surface area contributed by atoms with Gasteiger partial charge in [0.05, 0.1) is 9.95 Å². The summed E-state index contributed by atoms with van der Waals surface area (Å²) < 4.78 is 10.0. The predicted molar refractivity (Wildman–Crippen MR) is 99.4 cm³/mol. The highest BCUT2D eigenvalue weighted by Gasteiger charge is 2.17. The fourth-order valence-corrected chi connectivity index (χ4v) is 2.33. The number of amides is 1. The number of anilines is 1. The molecular weight excluding hydrogens is 399 g/mol. The summed E-state index contributed by atoms with van der Waals surface area (Å²) in [7, 11) is 0. The summed E-state index contributed by atoms with van der Waals surface area (Å²) >= 11 is 11.6. The molecule has 0 heterocycles. The van der Waals surface area contributed by atoms with E-state index in [1.807, 2.05) is 6.92 Å². The summed E-state index contributed by atoms with van der Waals surface area (Å²) in [5.41, 5.74) is 0.458. The largest absolute Gasteiger partial charge is 0.480 e. The first kappa shape index (κ1) is 20.5. The van der Waals surface area contributed by atoms with Gasteiger partial charge in [-0.3, -0.25) is 14.9 Å². The normalized spacial score (nSPS) is 10.2. The maximum atomic E-state index is 11.8. The average molecular weight is 413 g/mol. The lowest BCUT2D eigenvalue weighted by Crippen LogP contribution is -2.24. The zero-order valence-corrected chi connectivity index (χ0v) is 15.5. The number of hydrogen-bond donors (Lipinski definition) is 1. The second-order valence-corrected chi connectivity index (χ2v) is 6.19. The summed E-state index contributed by atoms with van der Waals surface area (Å²) in [4.78, 5) is 33.8. The van der Waals surface area contributed by atoms with Crippen molar-refractivity contribution >= 4 is 46.5 Å². The number of nitro benzene ring substituents is 1. The van der Waals surface area contributed by atoms with Gasteiger partial charge in [0.2, 0.25) is 0 Å². The average Bonchev–Trinajstić information content (AvgIpc) is 2.62. The molecule has 0 aliphatic rings. The van der Waals surface area contributed by atoms with Crippen LogP contribution in [0.5, 0.6) is 5.75 Å². The van der Waals surface area contributed by atoms with Gasteiger partial charge in [-0.25, -0.2) is 4.79 Å². The first-order valence-corrected chi connectivity index (χ1v) is 8.30. The Kier molecular flexibility index (Phi) is 6.98. The smallest absolute Gasteiger partial charge is 0.344 e. The van der Waals surface area contributed by atoms with E-state index in [9.17, 15) is 19.7 Å². The van der Waals surface area contributed by atoms with E-state index in [4.69, 9.17) is 32.7 Å². The van der Waals surface area contributed by atoms with Crippen LogP contribution in [0.4, 0.5) is 11.4 Å². The van der Waals surface area contributed by atoms with Crippen LogP contribution in [0.2, 0.25) is 10.0 Å². The van der Waals surface area contributed by atoms with Crippen molar-refractivity contribution in [3.63, 3.8) is 0 Å². The van der Waals surface area contributed by atoms with Crippen molar-refractivity contribution in [2.75, 3.05) is 18.5 Å². The van der Waals surface area contributed by atoms with Gasteiger partial charge in [-0.2, -0.15) is 0 Å². The third-order valence-electron chi connectivity index (χ3n) is 3.23. The van der Waals surface area contributed by atoms with Gasteiger partial charge in [0, 0.05) is 11.1 Å². The number of nitrogens with one attached hydrogen (secondary N) is 1. The van der Waals surface area contributed by atoms with E-state index in [0.29, 0.717) is 10.8 Å². The van der Waals surface area contributed by atoms with Crippen molar-refractivity contribution in [3.05, 3.63) is 62.1 Å². The highest BCUT2D eigenvalue weighted by Crippen LogP contribution is 2.27. The van der Waals surface area contributed by atoms with E-state index in [1.54, 1.807) is 18.2 Å². The van der Waals surface area contributed by atoms with Crippen molar-refractivity contribution in [3.8, 4) is 5.75 Å². The molecule has 0 saturated heterocycles. The zero-order valence-electron chi connectivity index (χ0n) is 14.0. The zero-order chi connectivity index (χ0) is 20.0. The molecule has 10 heteroatoms. The molecule has 0 atom stereocenters. The van der Waals surface area contributed by atoms with E-state index >= 15 is 0 Å². The molecule has 8 nitrogen and oxygen atoms in total. The number of carbonyl (C=O) groups is 2. The van der Waals surface area contributed by atoms with Gasteiger partial charge >= 0.3 is 5.97 Å². The van der Waals surface area contributed by atoms with Crippen LogP contribution in [-0.2, 0) is 14.3 Å². The van der Waals surface area contributed by atoms with Crippen LogP contribution in [0, 0.1) is 17.0 Å². The van der Waals surface area contributed by atoms with Crippen LogP contribution in [-0.4, -0.2) is 30.0 Å². The molecule has 2 rings (SSSR count). The Labute approximate surface area is 164 Å². The van der Waals surface area contributed by atoms with Crippen LogP contribution >= 0.6 is 23.2 Å². The number of rotatable bonds is 7. The van der Waals surface area contributed by atoms with E-state index in [1.165, 1.54) is 12.1 Å². The Balaban J connectivity index is 1.86. The minimum atomic E-state index is -0.798. The van der Waals surface area contributed by atoms with Gasteiger partial charge in [0.15, 0.2) is 13.2 Å². The van der Waals surface area contributed by atoms with Crippen LogP contribution in [0.25, 0.3) is 0 Å². The molecule has 142 valence electrons. The SMILES string of the molecule is Cc1ccc(Cl)c(OCC(=O)OCC(=O)Nc2ccc(Cl)cc2[N+](=O)[O-])c1. The summed E-state index contributed by atoms with van der Waals surface area (Å²) in [5, 5.41) is 13.7. The quantitative estimate of drug-likeness (QED) is 0.421. The molecule has 1 amide bonds. The highest BCUT2D eigenvalue weighted by atomic mass is 35.5. The molecular formula is C17H14Cl2N2O6. The first-order valence-electron chi connectivity index (χ1n) is 7.54. The van der Waals surface area contributed by atoms with Gasteiger partial charge in [-0.1, -0.05) is 29.3 Å². The summed E-state index contributed by atoms with van der Waals surface area (Å²) in [6.07, 6.45) is 0. The highest BCUT2D eigenvalue weighted by molar-refractivity contribution is 6.32. The third-order valence-corrected chi connectivity index (χ3v) is 3.77. The topological polar surface area (TPSA) is 108 Å². The molecule has 0 aromatic heterocycles. The van der Waals surface area contributed by atoms with E-state index in [0.717, 1.165) is 11.6 Å². The summed E-state index contributed by atoms with van der Waals surface area (Å²) in [5.74, 6) is -1.23. The molecule has 0 aliphatic carbocycles. The van der Waals surface area contributed by atoms with Gasteiger partial charge in [-0.15, -0.1) is 0 Å². The molecule has 2 aromatic carbocycles. The van der Waals surface area contributed by atoms with Gasteiger partial charge < -0.3 is 14.8 Å². The van der Waals surface area contributed by atoms with Crippen molar-refractivity contribution in [2.45, 2.75) is 6.92 Å². The van der Waals surface area contributed by atoms with Crippen molar-refractivity contribution < 1.29 is 24.0 Å². The third kappa shape index (κ3) is 6.12. The Morgan fingerprint density at radius 3 is 2.59 bits per heavy atom. The van der Waals surface area contributed by atoms with Crippen LogP contribution < -0.4 is 10.1 Å². The second kappa shape index (κ2) is 9.20. The summed E-state index contributed by atoms with van der Waals surface area (Å²) in [6, 6.07) is 8.83. The molecule has 0 bridgehead atoms. The van der Waals surface area contributed by atoms with Crippen molar-refractivity contribution in [2.24, 2.45) is 0 Å². The van der Waals surface area contributed by atoms with E-state index in [2.05, 4.69) is 5.32 Å². The number of hydrogen-bond acceptors (Lipinski definition) is 6. The fourth-order valence-electron chi connectivity index (χ4n) is 1.99. The Morgan fingerprint density at radius 1 is 1.15 bits per heavy atom. The fraction of sp³-hybridized carbons (Fsp3) is 0.176. The Bertz CT molecular complexity index is 888. The van der Waals surface area contributed by atoms with Gasteiger partial charge in [0.1, 0.15) is 11.4 Å². The minimum absolute atomic E-state index is 0.0618. The molecule has 0 radical (unpaired) electrons. The molecule has 0 fully saturated rings. The molecule has 27 heavy (non-hydrogen) atoms. The lowest BCUT2D eigenvalue weighted by molar-refractivity contribution is -0.383. The predicted octanol–water partition coefficient (Wildman–Crippen LogP) is 3.77. The number of carbonyl (C=O) groups excluding carboxylic acids is 2. The Hall–Kier alpha value is -2.84. The molecule has 0 saturated carbocycles. The van der Waals surface area contributed by atoms with Gasteiger partial charge in [0.25, 0.3) is 11.6 Å². The number of benzene rings is 2. The molecule has 2 aromatic rings. The second-order valence-electron chi connectivity index (χ2n) is 5.35. The van der Waals surface area contributed by atoms with E-state index < -0.39 is 30.0 Å². The maximum Gasteiger partial charge on any atom is 0.344 e. The van der Waals surface area contributed by atoms with Crippen molar-refractivity contribution in [1.29, 1.82) is 0 Å². The van der Waals surface area contributed by atoms with E-state index in [-0.39, 0.29) is 16.4 Å². The maximum absolute atomic E-state index is 11.8. The number of nitrogens with zero attached hydrogens (tertiary/aromatic N) is 1. The minimum Gasteiger partial charge on any atom is -0.480 e. The summed E-state index contributed by atoms with van der Waals surface area (Å²) in [6.45, 7) is 0.753. The van der Waals surface area contributed by atoms with Crippen LogP contribution in [0.15, 0.2) is 36.4 Å². The molecule has 0 unspecified atom stereocenters. The molecule has 1 N–H and O–H groups in total. The molecule has 0 spiro atoms. The van der Waals surface area contributed by atoms with Crippen LogP contribution in [0.1, 0.15) is 5.56 Å². The van der Waals surface area contributed by atoms with Crippen LogP contribution in [0.3, 0.4) is 0 Å². The van der Waals surface area contributed by atoms with Gasteiger partial charge in [-0.05, 0) is 36.8 Å². The lowest BCUT2D eigenvalue weighted by Gasteiger charge is -2.09. The van der Waals surface area contributed by atoms with Crippen molar-refractivity contribution in [1.82, 2.24) is 0 Å². The Morgan fingerprint density at radius 2 is 1.89 bits per heavy atom. The molecule has 0 aliphatic heterocycles. The number of ether oxygens (including phenoxy) is 2. The number of esters is 1. The lowest BCUT2D eigenvalue weighted by atomic mass is 10.2. The standard InChI is InChI=1S/C17H14Cl2N2O6/c1-10-2-4-12(19)15(6-10)26-9-17(23)27-8-16(22)20-13-5-3-11(18)7-14(13)21(24)25/h2-7H,8-9H2,1H3,(H,20,22). The first-order chi connectivity index (χ1) is 12.8. The number of aryl methyl sites for hydroxylation is 1. The monoisotopic (exact) mass is 412 g/mol. The number of nitro groups is 1. The number of halogens is 2.